The minimum absolute atomic E-state index is 0.000602. The highest BCUT2D eigenvalue weighted by molar-refractivity contribution is 5.19. The fraction of sp³-hybridized carbons (Fsp3) is 0.571. The van der Waals surface area contributed by atoms with Crippen LogP contribution in [-0.4, -0.2) is 20.2 Å². The summed E-state index contributed by atoms with van der Waals surface area (Å²) in [5.41, 5.74) is 1.02. The van der Waals surface area contributed by atoms with E-state index >= 15 is 0 Å². The van der Waals surface area contributed by atoms with E-state index in [1.807, 2.05) is 7.05 Å². The molecule has 0 aliphatic carbocycles. The van der Waals surface area contributed by atoms with E-state index in [1.54, 1.807) is 12.1 Å². The van der Waals surface area contributed by atoms with Gasteiger partial charge in [-0.1, -0.05) is 26.0 Å². The number of hydrogen-bond donors (Lipinski definition) is 1. The van der Waals surface area contributed by atoms with E-state index in [9.17, 15) is 4.39 Å². The molecular formula is C14H22FNO. The first-order chi connectivity index (χ1) is 8.13. The zero-order chi connectivity index (χ0) is 12.7. The van der Waals surface area contributed by atoms with Gasteiger partial charge in [0.2, 0.25) is 0 Å². The Morgan fingerprint density at radius 3 is 2.41 bits per heavy atom. The summed E-state index contributed by atoms with van der Waals surface area (Å²) in [5, 5.41) is 3.10. The number of benzene rings is 1. The van der Waals surface area contributed by atoms with E-state index < -0.39 is 0 Å². The van der Waals surface area contributed by atoms with E-state index in [2.05, 4.69) is 19.2 Å². The molecule has 0 spiro atoms. The molecule has 1 N–H and O–H groups in total. The van der Waals surface area contributed by atoms with E-state index in [0.29, 0.717) is 5.92 Å². The maximum Gasteiger partial charge on any atom is 0.123 e. The Morgan fingerprint density at radius 1 is 1.24 bits per heavy atom. The lowest BCUT2D eigenvalue weighted by Crippen LogP contribution is -2.20. The molecule has 17 heavy (non-hydrogen) atoms. The molecule has 3 heteroatoms. The first-order valence-electron chi connectivity index (χ1n) is 6.15. The van der Waals surface area contributed by atoms with Crippen molar-refractivity contribution >= 4 is 0 Å². The van der Waals surface area contributed by atoms with Crippen LogP contribution >= 0.6 is 0 Å². The second kappa shape index (κ2) is 7.41. The molecule has 0 aliphatic heterocycles. The van der Waals surface area contributed by atoms with Crippen molar-refractivity contribution in [1.82, 2.24) is 5.32 Å². The van der Waals surface area contributed by atoms with Gasteiger partial charge in [-0.2, -0.15) is 0 Å². The van der Waals surface area contributed by atoms with Crippen LogP contribution in [0.4, 0.5) is 4.39 Å². The number of ether oxygens (including phenoxy) is 1. The van der Waals surface area contributed by atoms with Crippen molar-refractivity contribution in [3.63, 3.8) is 0 Å². The number of nitrogens with one attached hydrogen (secondary N) is 1. The van der Waals surface area contributed by atoms with Gasteiger partial charge in [-0.05, 0) is 37.1 Å². The van der Waals surface area contributed by atoms with Crippen LogP contribution in [0.5, 0.6) is 0 Å². The Hall–Kier alpha value is -0.930. The van der Waals surface area contributed by atoms with E-state index in [1.165, 1.54) is 12.1 Å². The third kappa shape index (κ3) is 5.29. The minimum Gasteiger partial charge on any atom is -0.372 e. The molecule has 96 valence electrons. The average molecular weight is 239 g/mol. The van der Waals surface area contributed by atoms with Crippen molar-refractivity contribution in [1.29, 1.82) is 0 Å². The van der Waals surface area contributed by atoms with Crippen LogP contribution in [0, 0.1) is 11.7 Å². The summed E-state index contributed by atoms with van der Waals surface area (Å²) in [6.45, 7) is 5.83. The molecule has 0 aromatic heterocycles. The summed E-state index contributed by atoms with van der Waals surface area (Å²) in [7, 11) is 1.89. The van der Waals surface area contributed by atoms with E-state index in [4.69, 9.17) is 4.74 Å². The molecule has 1 atom stereocenters. The van der Waals surface area contributed by atoms with Gasteiger partial charge in [-0.3, -0.25) is 0 Å². The van der Waals surface area contributed by atoms with Crippen molar-refractivity contribution in [2.75, 3.05) is 20.2 Å². The molecule has 0 radical (unpaired) electrons. The van der Waals surface area contributed by atoms with Gasteiger partial charge < -0.3 is 10.1 Å². The quantitative estimate of drug-likeness (QED) is 0.789. The Labute approximate surface area is 103 Å². The van der Waals surface area contributed by atoms with Gasteiger partial charge >= 0.3 is 0 Å². The van der Waals surface area contributed by atoms with Crippen LogP contribution in [0.25, 0.3) is 0 Å². The monoisotopic (exact) mass is 239 g/mol. The first-order valence-corrected chi connectivity index (χ1v) is 6.15. The summed E-state index contributed by atoms with van der Waals surface area (Å²) < 4.78 is 18.7. The summed E-state index contributed by atoms with van der Waals surface area (Å²) in [5.74, 6) is 0.428. The van der Waals surface area contributed by atoms with Crippen molar-refractivity contribution in [3.8, 4) is 0 Å². The third-order valence-electron chi connectivity index (χ3n) is 2.65. The molecule has 2 nitrogen and oxygen atoms in total. The lowest BCUT2D eigenvalue weighted by atomic mass is 10.1. The lowest BCUT2D eigenvalue weighted by Gasteiger charge is -2.18. The molecule has 1 rings (SSSR count). The van der Waals surface area contributed by atoms with Crippen LogP contribution in [0.3, 0.4) is 0 Å². The molecule has 0 fully saturated rings. The Kier molecular flexibility index (Phi) is 6.16. The molecule has 1 aromatic rings. The van der Waals surface area contributed by atoms with Crippen molar-refractivity contribution < 1.29 is 9.13 Å². The molecule has 1 aromatic carbocycles. The predicted octanol–water partition coefficient (Wildman–Crippen LogP) is 3.15. The predicted molar refractivity (Wildman–Crippen MR) is 68.5 cm³/mol. The highest BCUT2D eigenvalue weighted by Crippen LogP contribution is 2.18. The summed E-state index contributed by atoms with van der Waals surface area (Å²) >= 11 is 0. The summed E-state index contributed by atoms with van der Waals surface area (Å²) in [4.78, 5) is 0. The third-order valence-corrected chi connectivity index (χ3v) is 2.65. The SMILES string of the molecule is CNCC(OCCC(C)C)c1ccc(F)cc1. The van der Waals surface area contributed by atoms with Gasteiger partial charge in [0.15, 0.2) is 0 Å². The molecule has 0 saturated carbocycles. The molecular weight excluding hydrogens is 217 g/mol. The zero-order valence-electron chi connectivity index (χ0n) is 10.9. The smallest absolute Gasteiger partial charge is 0.123 e. The van der Waals surface area contributed by atoms with Crippen molar-refractivity contribution in [2.45, 2.75) is 26.4 Å². The Morgan fingerprint density at radius 2 is 1.88 bits per heavy atom. The largest absolute Gasteiger partial charge is 0.372 e. The molecule has 1 unspecified atom stereocenters. The second-order valence-corrected chi connectivity index (χ2v) is 4.65. The van der Waals surface area contributed by atoms with Gasteiger partial charge in [0, 0.05) is 13.2 Å². The number of likely N-dealkylation sites (N-methyl/N-ethyl adjacent to an activating group) is 1. The fourth-order valence-corrected chi connectivity index (χ4v) is 1.58. The Bertz CT molecular complexity index is 311. The topological polar surface area (TPSA) is 21.3 Å². The fourth-order valence-electron chi connectivity index (χ4n) is 1.58. The normalized spacial score (nSPS) is 13.0. The number of rotatable bonds is 7. The van der Waals surface area contributed by atoms with Gasteiger partial charge in [0.1, 0.15) is 5.82 Å². The second-order valence-electron chi connectivity index (χ2n) is 4.65. The molecule has 0 aliphatic rings. The number of halogens is 1. The standard InChI is InChI=1S/C14H22FNO/c1-11(2)8-9-17-14(10-16-3)12-4-6-13(15)7-5-12/h4-7,11,14,16H,8-10H2,1-3H3. The van der Waals surface area contributed by atoms with Crippen LogP contribution < -0.4 is 5.32 Å². The van der Waals surface area contributed by atoms with E-state index in [-0.39, 0.29) is 11.9 Å². The van der Waals surface area contributed by atoms with Crippen LogP contribution in [-0.2, 0) is 4.74 Å². The van der Waals surface area contributed by atoms with Crippen molar-refractivity contribution in [3.05, 3.63) is 35.6 Å². The van der Waals surface area contributed by atoms with Crippen LogP contribution in [0.2, 0.25) is 0 Å². The molecule has 0 heterocycles. The lowest BCUT2D eigenvalue weighted by molar-refractivity contribution is 0.0470. The van der Waals surface area contributed by atoms with Gasteiger partial charge in [0.05, 0.1) is 6.10 Å². The van der Waals surface area contributed by atoms with Crippen molar-refractivity contribution in [2.24, 2.45) is 5.92 Å². The average Bonchev–Trinajstić information content (AvgIpc) is 2.29. The summed E-state index contributed by atoms with van der Waals surface area (Å²) in [6.07, 6.45) is 1.04. The van der Waals surface area contributed by atoms with Crippen LogP contribution in [0.1, 0.15) is 31.9 Å². The summed E-state index contributed by atoms with van der Waals surface area (Å²) in [6, 6.07) is 6.52. The molecule has 0 saturated heterocycles. The maximum absolute atomic E-state index is 12.8. The Balaban J connectivity index is 2.55. The van der Waals surface area contributed by atoms with E-state index in [0.717, 1.165) is 25.1 Å². The zero-order valence-corrected chi connectivity index (χ0v) is 10.9. The van der Waals surface area contributed by atoms with Gasteiger partial charge in [-0.15, -0.1) is 0 Å². The molecule has 0 bridgehead atoms. The number of hydrogen-bond acceptors (Lipinski definition) is 2. The highest BCUT2D eigenvalue weighted by atomic mass is 19.1. The van der Waals surface area contributed by atoms with Crippen LogP contribution in [0.15, 0.2) is 24.3 Å². The van der Waals surface area contributed by atoms with Gasteiger partial charge in [0.25, 0.3) is 0 Å². The first kappa shape index (κ1) is 14.1. The van der Waals surface area contributed by atoms with Gasteiger partial charge in [-0.25, -0.2) is 4.39 Å². The minimum atomic E-state index is -0.209. The highest BCUT2D eigenvalue weighted by Gasteiger charge is 2.11. The maximum atomic E-state index is 12.8. The molecule has 0 amide bonds.